The van der Waals surface area contributed by atoms with Gasteiger partial charge in [0, 0.05) is 11.0 Å². The largest absolute Gasteiger partial charge is 0.300 e. The van der Waals surface area contributed by atoms with Crippen LogP contribution in [0.2, 0.25) is 5.02 Å². The number of hydrogen-bond donors (Lipinski definition) is 1. The van der Waals surface area contributed by atoms with Gasteiger partial charge in [-0.1, -0.05) is 30.5 Å². The summed E-state index contributed by atoms with van der Waals surface area (Å²) in [5, 5.41) is 4.00. The molecule has 3 heteroatoms. The molecule has 0 aliphatic rings. The predicted octanol–water partition coefficient (Wildman–Crippen LogP) is 3.60. The number of terminal acetylenes is 1. The van der Waals surface area contributed by atoms with Crippen molar-refractivity contribution in [3.05, 3.63) is 33.3 Å². The van der Waals surface area contributed by atoms with Gasteiger partial charge in [0.05, 0.1) is 11.1 Å². The zero-order valence-electron chi connectivity index (χ0n) is 8.56. The Hall–Kier alpha value is -0.490. The maximum atomic E-state index is 5.98. The fourth-order valence-corrected chi connectivity index (χ4v) is 1.66. The van der Waals surface area contributed by atoms with Crippen LogP contribution in [-0.2, 0) is 6.54 Å². The third-order valence-corrected chi connectivity index (χ3v) is 3.38. The lowest BCUT2D eigenvalue weighted by Gasteiger charge is -2.10. The molecule has 80 valence electrons. The quantitative estimate of drug-likeness (QED) is 0.834. The van der Waals surface area contributed by atoms with Gasteiger partial charge in [-0.05, 0) is 40.0 Å². The second-order valence-electron chi connectivity index (χ2n) is 3.26. The average molecular weight is 287 g/mol. The molecule has 1 aromatic carbocycles. The summed E-state index contributed by atoms with van der Waals surface area (Å²) < 4.78 is 0.914. The highest BCUT2D eigenvalue weighted by molar-refractivity contribution is 9.10. The summed E-state index contributed by atoms with van der Waals surface area (Å²) in [4.78, 5) is 0. The number of nitrogens with one attached hydrogen (secondary N) is 1. The predicted molar refractivity (Wildman–Crippen MR) is 68.9 cm³/mol. The van der Waals surface area contributed by atoms with Crippen LogP contribution in [0, 0.1) is 12.3 Å². The van der Waals surface area contributed by atoms with Crippen molar-refractivity contribution in [2.24, 2.45) is 0 Å². The Labute approximate surface area is 104 Å². The Morgan fingerprint density at radius 3 is 2.87 bits per heavy atom. The monoisotopic (exact) mass is 285 g/mol. The molecule has 0 saturated carbocycles. The van der Waals surface area contributed by atoms with Crippen molar-refractivity contribution in [1.29, 1.82) is 0 Å². The summed E-state index contributed by atoms with van der Waals surface area (Å²) in [5.74, 6) is 2.69. The Kier molecular flexibility index (Phi) is 5.17. The Bertz CT molecular complexity index is 370. The van der Waals surface area contributed by atoms with Gasteiger partial charge in [0.15, 0.2) is 0 Å². The molecule has 0 radical (unpaired) electrons. The molecule has 1 nitrogen and oxygen atoms in total. The minimum atomic E-state index is 0.132. The molecule has 0 bridgehead atoms. The number of halogens is 2. The molecule has 0 aliphatic heterocycles. The summed E-state index contributed by atoms with van der Waals surface area (Å²) in [6.07, 6.45) is 6.29. The van der Waals surface area contributed by atoms with E-state index in [1.54, 1.807) is 0 Å². The Morgan fingerprint density at radius 1 is 1.60 bits per heavy atom. The summed E-state index contributed by atoms with van der Waals surface area (Å²) >= 11 is 9.33. The van der Waals surface area contributed by atoms with Crippen molar-refractivity contribution in [3.8, 4) is 12.3 Å². The first-order chi connectivity index (χ1) is 7.17. The lowest BCUT2D eigenvalue weighted by molar-refractivity contribution is 0.592. The van der Waals surface area contributed by atoms with E-state index in [4.69, 9.17) is 18.0 Å². The van der Waals surface area contributed by atoms with Crippen molar-refractivity contribution in [1.82, 2.24) is 5.32 Å². The molecule has 15 heavy (non-hydrogen) atoms. The lowest BCUT2D eigenvalue weighted by atomic mass is 10.2. The molecule has 1 rings (SSSR count). The van der Waals surface area contributed by atoms with Crippen LogP contribution in [0.5, 0.6) is 0 Å². The second-order valence-corrected chi connectivity index (χ2v) is 4.52. The van der Waals surface area contributed by atoms with E-state index in [1.807, 2.05) is 18.2 Å². The Balaban J connectivity index is 2.59. The highest BCUT2D eigenvalue weighted by Gasteiger charge is 2.02. The lowest BCUT2D eigenvalue weighted by Crippen LogP contribution is -2.26. The normalized spacial score (nSPS) is 12.1. The van der Waals surface area contributed by atoms with Crippen LogP contribution in [0.25, 0.3) is 0 Å². The summed E-state index contributed by atoms with van der Waals surface area (Å²) in [7, 11) is 0. The van der Waals surface area contributed by atoms with Gasteiger partial charge < -0.3 is 0 Å². The van der Waals surface area contributed by atoms with Crippen LogP contribution in [0.15, 0.2) is 22.7 Å². The highest BCUT2D eigenvalue weighted by atomic mass is 79.9. The SMILES string of the molecule is C#CC(CC)NCc1ccc(Br)c(Cl)c1. The first-order valence-corrected chi connectivity index (χ1v) is 5.98. The molecule has 0 fully saturated rings. The van der Waals surface area contributed by atoms with E-state index >= 15 is 0 Å². The summed E-state index contributed by atoms with van der Waals surface area (Å²) in [6, 6.07) is 6.02. The smallest absolute Gasteiger partial charge is 0.0686 e. The zero-order chi connectivity index (χ0) is 11.3. The van der Waals surface area contributed by atoms with Gasteiger partial charge in [-0.15, -0.1) is 6.42 Å². The van der Waals surface area contributed by atoms with Gasteiger partial charge >= 0.3 is 0 Å². The average Bonchev–Trinajstić information content (AvgIpc) is 2.24. The molecule has 1 aromatic rings. The third-order valence-electron chi connectivity index (χ3n) is 2.15. The minimum absolute atomic E-state index is 0.132. The van der Waals surface area contributed by atoms with Crippen LogP contribution < -0.4 is 5.32 Å². The molecular formula is C12H13BrClN. The van der Waals surface area contributed by atoms with Gasteiger partial charge in [0.2, 0.25) is 0 Å². The number of rotatable bonds is 4. The van der Waals surface area contributed by atoms with Crippen LogP contribution in [-0.4, -0.2) is 6.04 Å². The van der Waals surface area contributed by atoms with Crippen LogP contribution in [0.4, 0.5) is 0 Å². The number of hydrogen-bond acceptors (Lipinski definition) is 1. The zero-order valence-corrected chi connectivity index (χ0v) is 10.9. The highest BCUT2D eigenvalue weighted by Crippen LogP contribution is 2.23. The van der Waals surface area contributed by atoms with E-state index in [1.165, 1.54) is 0 Å². The van der Waals surface area contributed by atoms with E-state index in [2.05, 4.69) is 34.1 Å². The van der Waals surface area contributed by atoms with Crippen molar-refractivity contribution in [2.45, 2.75) is 25.9 Å². The van der Waals surface area contributed by atoms with Crippen LogP contribution in [0.3, 0.4) is 0 Å². The summed E-state index contributed by atoms with van der Waals surface area (Å²) in [6.45, 7) is 2.81. The molecular weight excluding hydrogens is 273 g/mol. The van der Waals surface area contributed by atoms with Crippen molar-refractivity contribution < 1.29 is 0 Å². The van der Waals surface area contributed by atoms with E-state index in [-0.39, 0.29) is 6.04 Å². The number of benzene rings is 1. The first kappa shape index (κ1) is 12.6. The maximum Gasteiger partial charge on any atom is 0.0686 e. The topological polar surface area (TPSA) is 12.0 Å². The molecule has 0 heterocycles. The minimum Gasteiger partial charge on any atom is -0.300 e. The molecule has 0 amide bonds. The molecule has 0 saturated heterocycles. The van der Waals surface area contributed by atoms with Gasteiger partial charge in [0.25, 0.3) is 0 Å². The van der Waals surface area contributed by atoms with Gasteiger partial charge in [-0.3, -0.25) is 5.32 Å². The van der Waals surface area contributed by atoms with Crippen LogP contribution >= 0.6 is 27.5 Å². The van der Waals surface area contributed by atoms with Gasteiger partial charge in [-0.2, -0.15) is 0 Å². The molecule has 1 N–H and O–H groups in total. The third kappa shape index (κ3) is 3.87. The Morgan fingerprint density at radius 2 is 2.33 bits per heavy atom. The van der Waals surface area contributed by atoms with E-state index < -0.39 is 0 Å². The van der Waals surface area contributed by atoms with E-state index in [0.717, 1.165) is 28.0 Å². The molecule has 1 atom stereocenters. The van der Waals surface area contributed by atoms with Crippen molar-refractivity contribution in [3.63, 3.8) is 0 Å². The molecule has 1 unspecified atom stereocenters. The van der Waals surface area contributed by atoms with Crippen molar-refractivity contribution >= 4 is 27.5 Å². The van der Waals surface area contributed by atoms with Crippen LogP contribution in [0.1, 0.15) is 18.9 Å². The van der Waals surface area contributed by atoms with Gasteiger partial charge in [0.1, 0.15) is 0 Å². The molecule has 0 aromatic heterocycles. The molecule has 0 aliphatic carbocycles. The first-order valence-electron chi connectivity index (χ1n) is 4.80. The van der Waals surface area contributed by atoms with Crippen molar-refractivity contribution in [2.75, 3.05) is 0 Å². The second kappa shape index (κ2) is 6.17. The molecule has 0 spiro atoms. The summed E-state index contributed by atoms with van der Waals surface area (Å²) in [5.41, 5.74) is 1.14. The van der Waals surface area contributed by atoms with Gasteiger partial charge in [-0.25, -0.2) is 0 Å². The van der Waals surface area contributed by atoms with E-state index in [0.29, 0.717) is 0 Å². The van der Waals surface area contributed by atoms with E-state index in [9.17, 15) is 0 Å². The fourth-order valence-electron chi connectivity index (χ4n) is 1.21. The fraction of sp³-hybridized carbons (Fsp3) is 0.333. The maximum absolute atomic E-state index is 5.98. The standard InChI is InChI=1S/C12H13BrClN/c1-3-10(4-2)15-8-9-5-6-11(13)12(14)7-9/h1,5-7,10,15H,4,8H2,2H3.